The van der Waals surface area contributed by atoms with Crippen molar-refractivity contribution in [3.63, 3.8) is 0 Å². The number of carbonyl (C=O) groups is 1. The molecule has 0 spiro atoms. The van der Waals surface area contributed by atoms with Crippen LogP contribution in [-0.4, -0.2) is 17.6 Å². The number of hydrogen-bond acceptors (Lipinski definition) is 2. The van der Waals surface area contributed by atoms with Gasteiger partial charge in [0.2, 0.25) is 0 Å². The van der Waals surface area contributed by atoms with Crippen LogP contribution in [0.3, 0.4) is 0 Å². The molecule has 19 heavy (non-hydrogen) atoms. The van der Waals surface area contributed by atoms with Gasteiger partial charge in [-0.15, -0.1) is 0 Å². The standard InChI is InChI=1S/C16H23NO2/c1-11-6-3-4-8-14(11)12(2)17-10-13-7-5-9-15(13)16(18)19/h3-4,6,8,12-13,15,17H,5,7,9-10H2,1-2H3,(H,18,19). The molecule has 0 saturated heterocycles. The normalized spacial score (nSPS) is 24.3. The Morgan fingerprint density at radius 3 is 2.84 bits per heavy atom. The van der Waals surface area contributed by atoms with Gasteiger partial charge in [-0.2, -0.15) is 0 Å². The summed E-state index contributed by atoms with van der Waals surface area (Å²) < 4.78 is 0. The topological polar surface area (TPSA) is 49.3 Å². The van der Waals surface area contributed by atoms with E-state index in [1.165, 1.54) is 11.1 Å². The van der Waals surface area contributed by atoms with Gasteiger partial charge in [0, 0.05) is 6.04 Å². The highest BCUT2D eigenvalue weighted by Crippen LogP contribution is 2.32. The maximum atomic E-state index is 11.2. The molecule has 2 rings (SSSR count). The highest BCUT2D eigenvalue weighted by atomic mass is 16.4. The van der Waals surface area contributed by atoms with Crippen molar-refractivity contribution >= 4 is 5.97 Å². The van der Waals surface area contributed by atoms with Crippen molar-refractivity contribution in [2.45, 2.75) is 39.2 Å². The first-order valence-corrected chi connectivity index (χ1v) is 7.11. The fourth-order valence-corrected chi connectivity index (χ4v) is 3.12. The average molecular weight is 261 g/mol. The van der Waals surface area contributed by atoms with Gasteiger partial charge in [0.15, 0.2) is 0 Å². The Labute approximate surface area is 115 Å². The second kappa shape index (κ2) is 6.20. The van der Waals surface area contributed by atoms with Crippen molar-refractivity contribution in [1.82, 2.24) is 5.32 Å². The number of rotatable bonds is 5. The molecular weight excluding hydrogens is 238 g/mol. The predicted octanol–water partition coefficient (Wildman–Crippen LogP) is 3.15. The molecule has 1 fully saturated rings. The molecule has 1 aliphatic carbocycles. The summed E-state index contributed by atoms with van der Waals surface area (Å²) in [5, 5.41) is 12.7. The zero-order valence-corrected chi connectivity index (χ0v) is 11.7. The van der Waals surface area contributed by atoms with Gasteiger partial charge >= 0.3 is 5.97 Å². The van der Waals surface area contributed by atoms with Crippen molar-refractivity contribution in [3.8, 4) is 0 Å². The molecule has 2 N–H and O–H groups in total. The van der Waals surface area contributed by atoms with Crippen molar-refractivity contribution in [1.29, 1.82) is 0 Å². The fraction of sp³-hybridized carbons (Fsp3) is 0.562. The van der Waals surface area contributed by atoms with Crippen LogP contribution in [0.5, 0.6) is 0 Å². The first-order chi connectivity index (χ1) is 9.09. The van der Waals surface area contributed by atoms with Crippen LogP contribution in [0.25, 0.3) is 0 Å². The summed E-state index contributed by atoms with van der Waals surface area (Å²) in [6, 6.07) is 8.62. The minimum absolute atomic E-state index is 0.156. The van der Waals surface area contributed by atoms with E-state index in [1.54, 1.807) is 0 Å². The molecule has 0 aromatic heterocycles. The van der Waals surface area contributed by atoms with Crippen LogP contribution in [0.4, 0.5) is 0 Å². The SMILES string of the molecule is Cc1ccccc1C(C)NCC1CCCC1C(=O)O. The van der Waals surface area contributed by atoms with Gasteiger partial charge in [-0.05, 0) is 50.3 Å². The maximum absolute atomic E-state index is 11.2. The van der Waals surface area contributed by atoms with Gasteiger partial charge in [-0.25, -0.2) is 0 Å². The third-order valence-electron chi connectivity index (χ3n) is 4.32. The van der Waals surface area contributed by atoms with Crippen LogP contribution < -0.4 is 5.32 Å². The highest BCUT2D eigenvalue weighted by molar-refractivity contribution is 5.70. The molecule has 1 saturated carbocycles. The monoisotopic (exact) mass is 261 g/mol. The number of nitrogens with one attached hydrogen (secondary N) is 1. The number of aryl methyl sites for hydroxylation is 1. The number of aliphatic carboxylic acids is 1. The molecule has 0 heterocycles. The van der Waals surface area contributed by atoms with Gasteiger partial charge in [-0.1, -0.05) is 30.7 Å². The molecule has 0 radical (unpaired) electrons. The highest BCUT2D eigenvalue weighted by Gasteiger charge is 2.32. The fourth-order valence-electron chi connectivity index (χ4n) is 3.12. The van der Waals surface area contributed by atoms with Crippen LogP contribution >= 0.6 is 0 Å². The largest absolute Gasteiger partial charge is 0.481 e. The molecule has 1 aromatic rings. The Morgan fingerprint density at radius 1 is 1.42 bits per heavy atom. The van der Waals surface area contributed by atoms with Crippen LogP contribution in [0, 0.1) is 18.8 Å². The van der Waals surface area contributed by atoms with Crippen molar-refractivity contribution < 1.29 is 9.90 Å². The zero-order chi connectivity index (χ0) is 13.8. The van der Waals surface area contributed by atoms with Gasteiger partial charge < -0.3 is 10.4 Å². The van der Waals surface area contributed by atoms with E-state index in [4.69, 9.17) is 0 Å². The number of carboxylic acids is 1. The number of carboxylic acid groups (broad SMARTS) is 1. The lowest BCUT2D eigenvalue weighted by Crippen LogP contribution is -2.30. The molecule has 0 bridgehead atoms. The van der Waals surface area contributed by atoms with Crippen LogP contribution in [0.15, 0.2) is 24.3 Å². The second-order valence-corrected chi connectivity index (χ2v) is 5.62. The van der Waals surface area contributed by atoms with Gasteiger partial charge in [0.25, 0.3) is 0 Å². The molecular formula is C16H23NO2. The summed E-state index contributed by atoms with van der Waals surface area (Å²) in [5.41, 5.74) is 2.58. The first kappa shape index (κ1) is 14.1. The maximum Gasteiger partial charge on any atom is 0.306 e. The zero-order valence-electron chi connectivity index (χ0n) is 11.7. The molecule has 3 atom stereocenters. The Kier molecular flexibility index (Phi) is 4.59. The van der Waals surface area contributed by atoms with Crippen LogP contribution in [-0.2, 0) is 4.79 Å². The minimum Gasteiger partial charge on any atom is -0.481 e. The quantitative estimate of drug-likeness (QED) is 0.856. The van der Waals surface area contributed by atoms with E-state index >= 15 is 0 Å². The van der Waals surface area contributed by atoms with E-state index in [0.717, 1.165) is 25.8 Å². The van der Waals surface area contributed by atoms with E-state index in [1.807, 2.05) is 6.07 Å². The van der Waals surface area contributed by atoms with E-state index in [0.29, 0.717) is 0 Å². The lowest BCUT2D eigenvalue weighted by molar-refractivity contribution is -0.142. The van der Waals surface area contributed by atoms with Crippen molar-refractivity contribution in [3.05, 3.63) is 35.4 Å². The molecule has 3 unspecified atom stereocenters. The average Bonchev–Trinajstić information content (AvgIpc) is 2.85. The van der Waals surface area contributed by atoms with Gasteiger partial charge in [0.05, 0.1) is 5.92 Å². The Hall–Kier alpha value is -1.35. The summed E-state index contributed by atoms with van der Waals surface area (Å²) in [4.78, 5) is 11.2. The number of hydrogen-bond donors (Lipinski definition) is 2. The van der Waals surface area contributed by atoms with E-state index < -0.39 is 5.97 Å². The molecule has 0 aliphatic heterocycles. The van der Waals surface area contributed by atoms with E-state index in [2.05, 4.69) is 37.4 Å². The Morgan fingerprint density at radius 2 is 2.16 bits per heavy atom. The lowest BCUT2D eigenvalue weighted by Gasteiger charge is -2.21. The van der Waals surface area contributed by atoms with E-state index in [9.17, 15) is 9.90 Å². The van der Waals surface area contributed by atoms with Crippen LogP contribution in [0.2, 0.25) is 0 Å². The molecule has 3 heteroatoms. The third kappa shape index (κ3) is 3.35. The molecule has 3 nitrogen and oxygen atoms in total. The Balaban J connectivity index is 1.92. The summed E-state index contributed by atoms with van der Waals surface area (Å²) in [6.07, 6.45) is 2.91. The van der Waals surface area contributed by atoms with Gasteiger partial charge in [0.1, 0.15) is 0 Å². The lowest BCUT2D eigenvalue weighted by atomic mass is 9.95. The summed E-state index contributed by atoms with van der Waals surface area (Å²) in [5.74, 6) is -0.506. The molecule has 104 valence electrons. The summed E-state index contributed by atoms with van der Waals surface area (Å²) >= 11 is 0. The molecule has 1 aromatic carbocycles. The number of benzene rings is 1. The minimum atomic E-state index is -0.632. The molecule has 0 amide bonds. The van der Waals surface area contributed by atoms with Gasteiger partial charge in [-0.3, -0.25) is 4.79 Å². The predicted molar refractivity (Wildman–Crippen MR) is 76.1 cm³/mol. The van der Waals surface area contributed by atoms with Crippen molar-refractivity contribution in [2.75, 3.05) is 6.54 Å². The summed E-state index contributed by atoms with van der Waals surface area (Å²) in [6.45, 7) is 5.06. The third-order valence-corrected chi connectivity index (χ3v) is 4.32. The smallest absolute Gasteiger partial charge is 0.306 e. The summed E-state index contributed by atoms with van der Waals surface area (Å²) in [7, 11) is 0. The molecule has 1 aliphatic rings. The van der Waals surface area contributed by atoms with E-state index in [-0.39, 0.29) is 17.9 Å². The Bertz CT molecular complexity index is 444. The second-order valence-electron chi connectivity index (χ2n) is 5.62. The first-order valence-electron chi connectivity index (χ1n) is 7.11. The van der Waals surface area contributed by atoms with Crippen molar-refractivity contribution in [2.24, 2.45) is 11.8 Å². The van der Waals surface area contributed by atoms with Crippen LogP contribution in [0.1, 0.15) is 43.4 Å².